The van der Waals surface area contributed by atoms with Gasteiger partial charge in [-0.15, -0.1) is 13.9 Å². The van der Waals surface area contributed by atoms with E-state index in [1.54, 1.807) is 6.92 Å². The Morgan fingerprint density at radius 1 is 1.12 bits per heavy atom. The smallest absolute Gasteiger partial charge is 0.395 e. The molecular weight excluding hydrogens is 367 g/mol. The molecule has 0 unspecified atom stereocenters. The minimum absolute atomic E-state index is 0.00553. The van der Waals surface area contributed by atoms with Gasteiger partial charge in [-0.05, 0) is 59.4 Å². The minimum atomic E-state index is -3.64. The summed E-state index contributed by atoms with van der Waals surface area (Å²) < 4.78 is 52.2. The molecule has 134 valence electrons. The molecule has 0 saturated carbocycles. The summed E-state index contributed by atoms with van der Waals surface area (Å²) in [5.74, 6) is -0.549. The van der Waals surface area contributed by atoms with E-state index in [1.807, 2.05) is 24.3 Å². The molecule has 0 aliphatic carbocycles. The maximum Gasteiger partial charge on any atom is 0.586 e. The van der Waals surface area contributed by atoms with Crippen LogP contribution in [0, 0.1) is 12.9 Å². The van der Waals surface area contributed by atoms with E-state index < -0.39 is 12.2 Å². The van der Waals surface area contributed by atoms with Gasteiger partial charge in [-0.2, -0.15) is 4.39 Å². The molecule has 0 radical (unpaired) electrons. The second kappa shape index (κ2) is 6.17. The first-order valence-electron chi connectivity index (χ1n) is 7.63. The average molecular weight is 379 g/mol. The van der Waals surface area contributed by atoms with Gasteiger partial charge in [-0.3, -0.25) is 0 Å². The highest BCUT2D eigenvalue weighted by Crippen LogP contribution is 2.44. The third kappa shape index (κ3) is 3.17. The highest BCUT2D eigenvalue weighted by atomic mass is 32.1. The zero-order valence-electron chi connectivity index (χ0n) is 13.4. The molecule has 1 N–H and O–H groups in total. The molecule has 0 spiro atoms. The SMILES string of the molecule is Cc1cc2c(cc1-c1ccc(NCc3snnc3F)cc1)OC(F)(F)O2. The van der Waals surface area contributed by atoms with Gasteiger partial charge in [0.05, 0.1) is 6.54 Å². The maximum atomic E-state index is 13.3. The Morgan fingerprint density at radius 3 is 2.46 bits per heavy atom. The van der Waals surface area contributed by atoms with E-state index in [-0.39, 0.29) is 18.0 Å². The molecule has 0 amide bonds. The molecule has 3 aromatic rings. The third-order valence-electron chi connectivity index (χ3n) is 3.91. The van der Waals surface area contributed by atoms with Gasteiger partial charge in [0.1, 0.15) is 4.88 Å². The molecule has 0 saturated heterocycles. The highest BCUT2D eigenvalue weighted by molar-refractivity contribution is 7.05. The van der Waals surface area contributed by atoms with Crippen LogP contribution in [0.3, 0.4) is 0 Å². The van der Waals surface area contributed by atoms with Crippen LogP contribution in [0.5, 0.6) is 11.5 Å². The number of nitrogens with one attached hydrogen (secondary N) is 1. The predicted molar refractivity (Wildman–Crippen MR) is 90.0 cm³/mol. The second-order valence-electron chi connectivity index (χ2n) is 5.70. The van der Waals surface area contributed by atoms with Gasteiger partial charge < -0.3 is 14.8 Å². The summed E-state index contributed by atoms with van der Waals surface area (Å²) >= 11 is 0.996. The van der Waals surface area contributed by atoms with Crippen molar-refractivity contribution < 1.29 is 22.6 Å². The van der Waals surface area contributed by atoms with E-state index in [0.29, 0.717) is 4.88 Å². The summed E-state index contributed by atoms with van der Waals surface area (Å²) in [6.07, 6.45) is -3.64. The fourth-order valence-electron chi connectivity index (χ4n) is 2.66. The average Bonchev–Trinajstić information content (AvgIpc) is 3.13. The van der Waals surface area contributed by atoms with E-state index in [2.05, 4.69) is 24.4 Å². The Kier molecular flexibility index (Phi) is 3.95. The number of anilines is 1. The van der Waals surface area contributed by atoms with Crippen LogP contribution in [0.1, 0.15) is 10.4 Å². The molecular formula is C17H12F3N3O2S. The molecule has 9 heteroatoms. The van der Waals surface area contributed by atoms with Crippen LogP contribution in [0.4, 0.5) is 18.9 Å². The lowest BCUT2D eigenvalue weighted by atomic mass is 9.99. The summed E-state index contributed by atoms with van der Waals surface area (Å²) in [4.78, 5) is 0.418. The second-order valence-corrected chi connectivity index (χ2v) is 6.54. The molecule has 0 fully saturated rings. The molecule has 2 aromatic carbocycles. The normalized spacial score (nSPS) is 14.5. The van der Waals surface area contributed by atoms with Crippen molar-refractivity contribution in [2.75, 3.05) is 5.32 Å². The standard InChI is InChI=1S/C17H12F3N3O2S/c1-9-6-13-14(25-17(19,20)24-13)7-12(9)10-2-4-11(5-3-10)21-8-15-16(18)22-23-26-15/h2-7,21H,8H2,1H3. The van der Waals surface area contributed by atoms with Crippen LogP contribution >= 0.6 is 11.5 Å². The lowest BCUT2D eigenvalue weighted by Gasteiger charge is -2.09. The number of ether oxygens (including phenoxy) is 2. The topological polar surface area (TPSA) is 56.3 Å². The summed E-state index contributed by atoms with van der Waals surface area (Å²) in [6.45, 7) is 2.09. The number of aryl methyl sites for hydroxylation is 1. The number of alkyl halides is 2. The van der Waals surface area contributed by atoms with E-state index >= 15 is 0 Å². The summed E-state index contributed by atoms with van der Waals surface area (Å²) in [5.41, 5.74) is 3.16. The number of hydrogen-bond acceptors (Lipinski definition) is 6. The van der Waals surface area contributed by atoms with Crippen molar-refractivity contribution in [1.82, 2.24) is 9.59 Å². The van der Waals surface area contributed by atoms with Gasteiger partial charge in [0.2, 0.25) is 0 Å². The van der Waals surface area contributed by atoms with Crippen LogP contribution in [0.2, 0.25) is 0 Å². The Labute approximate surface area is 150 Å². The number of aromatic nitrogens is 2. The van der Waals surface area contributed by atoms with Crippen LogP contribution in [0.15, 0.2) is 36.4 Å². The first kappa shape index (κ1) is 16.6. The Hall–Kier alpha value is -2.81. The highest BCUT2D eigenvalue weighted by Gasteiger charge is 2.43. The van der Waals surface area contributed by atoms with Gasteiger partial charge in [-0.25, -0.2) is 0 Å². The first-order valence-corrected chi connectivity index (χ1v) is 8.40. The lowest BCUT2D eigenvalue weighted by molar-refractivity contribution is -0.286. The lowest BCUT2D eigenvalue weighted by Crippen LogP contribution is -2.25. The summed E-state index contributed by atoms with van der Waals surface area (Å²) in [6, 6.07) is 10.4. The van der Waals surface area contributed by atoms with E-state index in [4.69, 9.17) is 0 Å². The monoisotopic (exact) mass is 379 g/mol. The maximum absolute atomic E-state index is 13.3. The van der Waals surface area contributed by atoms with E-state index in [0.717, 1.165) is 33.9 Å². The fourth-order valence-corrected chi connectivity index (χ4v) is 3.13. The van der Waals surface area contributed by atoms with Crippen LogP contribution in [-0.2, 0) is 6.54 Å². The van der Waals surface area contributed by atoms with Gasteiger partial charge in [0.15, 0.2) is 11.5 Å². The van der Waals surface area contributed by atoms with Crippen molar-refractivity contribution in [3.63, 3.8) is 0 Å². The van der Waals surface area contributed by atoms with E-state index in [1.165, 1.54) is 12.1 Å². The van der Waals surface area contributed by atoms with Crippen molar-refractivity contribution in [1.29, 1.82) is 0 Å². The van der Waals surface area contributed by atoms with Crippen LogP contribution < -0.4 is 14.8 Å². The number of nitrogens with zero attached hydrogens (tertiary/aromatic N) is 2. The minimum Gasteiger partial charge on any atom is -0.395 e. The van der Waals surface area contributed by atoms with Gasteiger partial charge in [0.25, 0.3) is 5.95 Å². The number of benzene rings is 2. The summed E-state index contributed by atoms with van der Waals surface area (Å²) in [5, 5.41) is 6.40. The van der Waals surface area contributed by atoms with Gasteiger partial charge >= 0.3 is 6.29 Å². The largest absolute Gasteiger partial charge is 0.586 e. The molecule has 1 aromatic heterocycles. The van der Waals surface area contributed by atoms with Gasteiger partial charge in [-0.1, -0.05) is 16.6 Å². The van der Waals surface area contributed by atoms with Crippen molar-refractivity contribution in [2.45, 2.75) is 19.8 Å². The Morgan fingerprint density at radius 2 is 1.81 bits per heavy atom. The van der Waals surface area contributed by atoms with Crippen molar-refractivity contribution in [3.05, 3.63) is 52.8 Å². The molecule has 1 aliphatic heterocycles. The fraction of sp³-hybridized carbons (Fsp3) is 0.176. The Balaban J connectivity index is 1.53. The zero-order chi connectivity index (χ0) is 18.3. The predicted octanol–water partition coefficient (Wildman–Crippen LogP) is 4.59. The third-order valence-corrected chi connectivity index (χ3v) is 4.60. The Bertz CT molecular complexity index is 960. The first-order chi connectivity index (χ1) is 12.4. The molecule has 4 rings (SSSR count). The quantitative estimate of drug-likeness (QED) is 0.719. The van der Waals surface area contributed by atoms with Crippen molar-refractivity contribution >= 4 is 17.2 Å². The van der Waals surface area contributed by atoms with Crippen LogP contribution in [0.25, 0.3) is 11.1 Å². The van der Waals surface area contributed by atoms with E-state index in [9.17, 15) is 13.2 Å². The zero-order valence-corrected chi connectivity index (χ0v) is 14.2. The molecule has 1 aliphatic rings. The summed E-state index contributed by atoms with van der Waals surface area (Å²) in [7, 11) is 0. The number of halogens is 3. The molecule has 0 bridgehead atoms. The van der Waals surface area contributed by atoms with Gasteiger partial charge in [0, 0.05) is 5.69 Å². The molecule has 2 heterocycles. The molecule has 0 atom stereocenters. The number of hydrogen-bond donors (Lipinski definition) is 1. The van der Waals surface area contributed by atoms with Crippen molar-refractivity contribution in [2.24, 2.45) is 0 Å². The van der Waals surface area contributed by atoms with Crippen LogP contribution in [-0.4, -0.2) is 15.9 Å². The number of fused-ring (bicyclic) bond motifs is 1. The molecule has 26 heavy (non-hydrogen) atoms. The number of rotatable bonds is 4. The molecule has 5 nitrogen and oxygen atoms in total. The van der Waals surface area contributed by atoms with Crippen molar-refractivity contribution in [3.8, 4) is 22.6 Å².